The van der Waals surface area contributed by atoms with E-state index in [2.05, 4.69) is 34.4 Å². The molecule has 2 N–H and O–H groups in total. The Bertz CT molecular complexity index is 1260. The summed E-state index contributed by atoms with van der Waals surface area (Å²) in [6, 6.07) is 6.86. The fraction of sp³-hybridized carbons (Fsp3) is 0.588. The van der Waals surface area contributed by atoms with Crippen molar-refractivity contribution in [3.8, 4) is 0 Å². The summed E-state index contributed by atoms with van der Waals surface area (Å²) >= 11 is 3.69. The van der Waals surface area contributed by atoms with Crippen LogP contribution >= 0.6 is 15.9 Å². The van der Waals surface area contributed by atoms with Crippen molar-refractivity contribution < 1.29 is 33.8 Å². The van der Waals surface area contributed by atoms with Gasteiger partial charge in [0, 0.05) is 24.3 Å². The van der Waals surface area contributed by atoms with Gasteiger partial charge in [-0.1, -0.05) is 71.8 Å². The summed E-state index contributed by atoms with van der Waals surface area (Å²) in [6.07, 6.45) is 4.53. The molecule has 0 aromatic heterocycles. The second kappa shape index (κ2) is 15.0. The molecule has 4 rings (SSSR count). The number of alkyl halides is 1. The third kappa shape index (κ3) is 6.76. The number of benzene rings is 1. The van der Waals surface area contributed by atoms with Gasteiger partial charge in [-0.2, -0.15) is 0 Å². The maximum Gasteiger partial charge on any atom is 0.313 e. The number of nitrogens with zero attached hydrogens (tertiary/aromatic N) is 2. The smallest absolute Gasteiger partial charge is 0.313 e. The monoisotopic (exact) mass is 687 g/mol. The Morgan fingerprint density at radius 3 is 2.58 bits per heavy atom. The number of unbranched alkanes of at least 4 members (excludes halogenated alkanes) is 1. The van der Waals surface area contributed by atoms with Gasteiger partial charge in [0.05, 0.1) is 36.6 Å². The number of amides is 3. The molecule has 2 bridgehead atoms. The maximum atomic E-state index is 14.3. The highest BCUT2D eigenvalue weighted by Gasteiger charge is 2.77. The van der Waals surface area contributed by atoms with E-state index in [1.165, 1.54) is 4.90 Å². The zero-order chi connectivity index (χ0) is 32.9. The Hall–Kier alpha value is -3.02. The van der Waals surface area contributed by atoms with E-state index in [4.69, 9.17) is 9.47 Å². The van der Waals surface area contributed by atoms with Crippen molar-refractivity contribution >= 4 is 39.6 Å². The molecule has 1 spiro atoms. The van der Waals surface area contributed by atoms with Gasteiger partial charge in [0.25, 0.3) is 0 Å². The van der Waals surface area contributed by atoms with E-state index in [-0.39, 0.29) is 29.7 Å². The third-order valence-electron chi connectivity index (χ3n) is 9.20. The molecule has 3 heterocycles. The standard InChI is InChI=1S/C34H46BrN3O7/c1-6-9-16-25(40)36-22(5)28(23-14-12-11-13-15-23)44-33(43)26-27-31(41)38(21(4)20-39)30(34(27)19-24(35)29(26)45-34)32(42)37(17-8-3)18-10-7-2/h6,8,11-15,21-22,24,26-30,39H,1,3,7,9-10,16-20H2,2,4-5H3,(H,36,40)/t21-,22-,24?,26-,27+,28-,29-,30-,34+/m1/s1. The molecular weight excluding hydrogens is 642 g/mol. The minimum atomic E-state index is -1.28. The number of esters is 1. The van der Waals surface area contributed by atoms with Crippen molar-refractivity contribution in [2.45, 2.75) is 93.6 Å². The molecule has 3 aliphatic rings. The van der Waals surface area contributed by atoms with Crippen molar-refractivity contribution in [1.29, 1.82) is 0 Å². The summed E-state index contributed by atoms with van der Waals surface area (Å²) in [5.74, 6) is -3.50. The molecule has 246 valence electrons. The molecule has 45 heavy (non-hydrogen) atoms. The van der Waals surface area contributed by atoms with E-state index in [1.54, 1.807) is 30.9 Å². The molecule has 1 aromatic carbocycles. The SMILES string of the molecule is C=CCCC(=O)N[C@H](C)[C@@H](OC(=O)[C@H]1[C@@H]2O[C@@]3(CC2Br)[C@@H]1C(=O)N([C@H](C)CO)[C@@H]3C(=O)N(CC=C)CCCC)c1ccccc1. The summed E-state index contributed by atoms with van der Waals surface area (Å²) in [5.41, 5.74) is -0.590. The number of carbonyl (C=O) groups excluding carboxylic acids is 4. The number of rotatable bonds is 16. The van der Waals surface area contributed by atoms with Crippen LogP contribution in [0, 0.1) is 11.8 Å². The minimum absolute atomic E-state index is 0.199. The molecular formula is C34H46BrN3O7. The number of aliphatic hydroxyl groups is 1. The zero-order valence-corrected chi connectivity index (χ0v) is 28.0. The number of hydrogen-bond donors (Lipinski definition) is 2. The van der Waals surface area contributed by atoms with Crippen molar-refractivity contribution in [3.63, 3.8) is 0 Å². The van der Waals surface area contributed by atoms with E-state index in [0.717, 1.165) is 12.8 Å². The lowest BCUT2D eigenvalue weighted by molar-refractivity contribution is -0.162. The topological polar surface area (TPSA) is 125 Å². The molecule has 1 aromatic rings. The summed E-state index contributed by atoms with van der Waals surface area (Å²) in [5, 5.41) is 13.1. The molecule has 0 radical (unpaired) electrons. The van der Waals surface area contributed by atoms with Gasteiger partial charge in [-0.25, -0.2) is 0 Å². The van der Waals surface area contributed by atoms with Crippen LogP contribution in [0.15, 0.2) is 55.6 Å². The van der Waals surface area contributed by atoms with E-state index >= 15 is 0 Å². The normalized spacial score (nSPS) is 28.6. The van der Waals surface area contributed by atoms with Crippen LogP contribution in [0.1, 0.15) is 64.5 Å². The number of likely N-dealkylation sites (tertiary alicyclic amines) is 1. The Balaban J connectivity index is 1.69. The molecule has 0 aliphatic carbocycles. The maximum absolute atomic E-state index is 14.3. The summed E-state index contributed by atoms with van der Waals surface area (Å²) < 4.78 is 12.8. The first-order valence-corrected chi connectivity index (χ1v) is 16.8. The van der Waals surface area contributed by atoms with Gasteiger partial charge >= 0.3 is 5.97 Å². The van der Waals surface area contributed by atoms with Crippen LogP contribution < -0.4 is 5.32 Å². The Morgan fingerprint density at radius 1 is 1.24 bits per heavy atom. The van der Waals surface area contributed by atoms with Gasteiger partial charge in [-0.05, 0) is 38.7 Å². The van der Waals surface area contributed by atoms with E-state index in [9.17, 15) is 24.3 Å². The second-order valence-electron chi connectivity index (χ2n) is 12.3. The highest BCUT2D eigenvalue weighted by atomic mass is 79.9. The van der Waals surface area contributed by atoms with Crippen LogP contribution in [0.4, 0.5) is 0 Å². The first-order valence-electron chi connectivity index (χ1n) is 15.9. The highest BCUT2D eigenvalue weighted by Crippen LogP contribution is 2.61. The van der Waals surface area contributed by atoms with Gasteiger partial charge in [0.2, 0.25) is 17.7 Å². The molecule has 0 saturated carbocycles. The van der Waals surface area contributed by atoms with E-state index < -0.39 is 59.6 Å². The lowest BCUT2D eigenvalue weighted by Gasteiger charge is -2.38. The largest absolute Gasteiger partial charge is 0.455 e. The summed E-state index contributed by atoms with van der Waals surface area (Å²) in [7, 11) is 0. The number of ether oxygens (including phenoxy) is 2. The molecule has 3 aliphatic heterocycles. The first-order chi connectivity index (χ1) is 21.6. The first kappa shape index (κ1) is 34.8. The number of fused-ring (bicyclic) bond motifs is 1. The van der Waals surface area contributed by atoms with E-state index in [0.29, 0.717) is 31.5 Å². The molecule has 3 amide bonds. The van der Waals surface area contributed by atoms with Crippen LogP contribution in [0.2, 0.25) is 0 Å². The number of carbonyl (C=O) groups is 4. The average molecular weight is 689 g/mol. The van der Waals surface area contributed by atoms with Crippen molar-refractivity contribution in [2.24, 2.45) is 11.8 Å². The fourth-order valence-electron chi connectivity index (χ4n) is 7.09. The Labute approximate surface area is 274 Å². The fourth-order valence-corrected chi connectivity index (χ4v) is 8.03. The zero-order valence-electron chi connectivity index (χ0n) is 26.4. The lowest BCUT2D eigenvalue weighted by Crippen LogP contribution is -2.58. The number of halogens is 1. The summed E-state index contributed by atoms with van der Waals surface area (Å²) in [6.45, 7) is 13.4. The van der Waals surface area contributed by atoms with Gasteiger partial charge in [0.1, 0.15) is 17.7 Å². The van der Waals surface area contributed by atoms with E-state index in [1.807, 2.05) is 37.3 Å². The van der Waals surface area contributed by atoms with Crippen LogP contribution in [0.25, 0.3) is 0 Å². The lowest BCUT2D eigenvalue weighted by atomic mass is 9.70. The van der Waals surface area contributed by atoms with Crippen molar-refractivity contribution in [3.05, 3.63) is 61.2 Å². The molecule has 11 heteroatoms. The van der Waals surface area contributed by atoms with Crippen LogP contribution in [0.3, 0.4) is 0 Å². The number of allylic oxidation sites excluding steroid dienone is 1. The number of aliphatic hydroxyl groups excluding tert-OH is 1. The molecule has 3 saturated heterocycles. The highest BCUT2D eigenvalue weighted by molar-refractivity contribution is 9.09. The number of hydrogen-bond acceptors (Lipinski definition) is 7. The second-order valence-corrected chi connectivity index (χ2v) is 13.5. The predicted octanol–water partition coefficient (Wildman–Crippen LogP) is 3.69. The van der Waals surface area contributed by atoms with Gasteiger partial charge in [-0.3, -0.25) is 19.2 Å². The van der Waals surface area contributed by atoms with Crippen LogP contribution in [-0.2, 0) is 28.7 Å². The average Bonchev–Trinajstić information content (AvgIpc) is 3.63. The summed E-state index contributed by atoms with van der Waals surface area (Å²) in [4.78, 5) is 58.2. The molecule has 3 fully saturated rings. The third-order valence-corrected chi connectivity index (χ3v) is 10.0. The minimum Gasteiger partial charge on any atom is -0.455 e. The Kier molecular flexibility index (Phi) is 11.7. The predicted molar refractivity (Wildman–Crippen MR) is 173 cm³/mol. The molecule has 1 unspecified atom stereocenters. The van der Waals surface area contributed by atoms with Gasteiger partial charge < -0.3 is 29.7 Å². The van der Waals surface area contributed by atoms with Gasteiger partial charge in [-0.15, -0.1) is 13.2 Å². The van der Waals surface area contributed by atoms with Crippen molar-refractivity contribution in [2.75, 3.05) is 19.7 Å². The number of nitrogens with one attached hydrogen (secondary N) is 1. The Morgan fingerprint density at radius 2 is 1.96 bits per heavy atom. The van der Waals surface area contributed by atoms with Crippen molar-refractivity contribution in [1.82, 2.24) is 15.1 Å². The molecule has 10 nitrogen and oxygen atoms in total. The quantitative estimate of drug-likeness (QED) is 0.154. The molecule has 9 atom stereocenters. The van der Waals surface area contributed by atoms with Gasteiger partial charge in [0.15, 0.2) is 0 Å². The van der Waals surface area contributed by atoms with Crippen LogP contribution in [-0.4, -0.2) is 93.0 Å². The van der Waals surface area contributed by atoms with Crippen LogP contribution in [0.5, 0.6) is 0 Å².